The van der Waals surface area contributed by atoms with Gasteiger partial charge in [-0.05, 0) is 24.9 Å². The first-order valence-electron chi connectivity index (χ1n) is 6.69. The average molecular weight is 278 g/mol. The summed E-state index contributed by atoms with van der Waals surface area (Å²) >= 11 is 0. The van der Waals surface area contributed by atoms with Gasteiger partial charge in [-0.3, -0.25) is 14.9 Å². The predicted octanol–water partition coefficient (Wildman–Crippen LogP) is 1.99. The van der Waals surface area contributed by atoms with Crippen LogP contribution in [0.25, 0.3) is 0 Å². The van der Waals surface area contributed by atoms with E-state index in [0.29, 0.717) is 0 Å². The fourth-order valence-corrected chi connectivity index (χ4v) is 2.63. The lowest BCUT2D eigenvalue weighted by Crippen LogP contribution is -2.42. The van der Waals surface area contributed by atoms with Crippen LogP contribution in [-0.4, -0.2) is 30.6 Å². The van der Waals surface area contributed by atoms with Crippen LogP contribution in [0.1, 0.15) is 30.7 Å². The average Bonchev–Trinajstić information content (AvgIpc) is 2.49. The first kappa shape index (κ1) is 14.5. The van der Waals surface area contributed by atoms with Gasteiger partial charge in [-0.2, -0.15) is 0 Å². The van der Waals surface area contributed by atoms with Crippen molar-refractivity contribution in [1.29, 1.82) is 0 Å². The second-order valence-corrected chi connectivity index (χ2v) is 4.91. The van der Waals surface area contributed by atoms with Crippen LogP contribution in [0.2, 0.25) is 0 Å². The lowest BCUT2D eigenvalue weighted by molar-refractivity contribution is -0.384. The van der Waals surface area contributed by atoms with E-state index < -0.39 is 10.8 Å². The fourth-order valence-electron chi connectivity index (χ4n) is 2.63. The van der Waals surface area contributed by atoms with Gasteiger partial charge >= 0.3 is 5.97 Å². The molecule has 0 bridgehead atoms. The molecule has 0 saturated carbocycles. The molecule has 0 radical (unpaired) electrons. The summed E-state index contributed by atoms with van der Waals surface area (Å²) in [5.74, 6) is -0.723. The number of nitrogens with one attached hydrogen (secondary N) is 1. The van der Waals surface area contributed by atoms with Crippen LogP contribution in [0, 0.1) is 10.1 Å². The zero-order valence-electron chi connectivity index (χ0n) is 11.4. The van der Waals surface area contributed by atoms with E-state index in [4.69, 9.17) is 4.74 Å². The maximum atomic E-state index is 12.0. The largest absolute Gasteiger partial charge is 0.469 e. The highest BCUT2D eigenvalue weighted by atomic mass is 16.6. The second-order valence-electron chi connectivity index (χ2n) is 4.91. The highest BCUT2D eigenvalue weighted by Gasteiger charge is 2.31. The SMILES string of the molecule is COC(=O)[C@H](c1ccc([N+](=O)[O-])cc1)[C@H]1CCCCN1. The maximum absolute atomic E-state index is 12.0. The zero-order valence-corrected chi connectivity index (χ0v) is 11.4. The fraction of sp³-hybridized carbons (Fsp3) is 0.500. The van der Waals surface area contributed by atoms with Crippen molar-refractivity contribution >= 4 is 11.7 Å². The van der Waals surface area contributed by atoms with E-state index in [9.17, 15) is 14.9 Å². The molecule has 0 spiro atoms. The van der Waals surface area contributed by atoms with E-state index in [1.54, 1.807) is 12.1 Å². The Morgan fingerprint density at radius 3 is 2.60 bits per heavy atom. The smallest absolute Gasteiger partial charge is 0.314 e. The van der Waals surface area contributed by atoms with Crippen LogP contribution in [0.5, 0.6) is 0 Å². The Kier molecular flexibility index (Phi) is 4.68. The van der Waals surface area contributed by atoms with Crippen LogP contribution in [0.3, 0.4) is 0 Å². The number of hydrogen-bond acceptors (Lipinski definition) is 5. The van der Waals surface area contributed by atoms with Gasteiger partial charge in [-0.1, -0.05) is 18.6 Å². The van der Waals surface area contributed by atoms with E-state index in [1.165, 1.54) is 19.2 Å². The number of carbonyl (C=O) groups excluding carboxylic acids is 1. The van der Waals surface area contributed by atoms with Crippen molar-refractivity contribution < 1.29 is 14.5 Å². The molecular weight excluding hydrogens is 260 g/mol. The highest BCUT2D eigenvalue weighted by molar-refractivity contribution is 5.79. The van der Waals surface area contributed by atoms with Gasteiger partial charge in [0.15, 0.2) is 0 Å². The Morgan fingerprint density at radius 1 is 1.40 bits per heavy atom. The normalized spacial score (nSPS) is 20.1. The van der Waals surface area contributed by atoms with Crippen LogP contribution >= 0.6 is 0 Å². The number of benzene rings is 1. The minimum absolute atomic E-state index is 0.0222. The van der Waals surface area contributed by atoms with Gasteiger partial charge in [0.2, 0.25) is 0 Å². The third kappa shape index (κ3) is 3.14. The quantitative estimate of drug-likeness (QED) is 0.517. The van der Waals surface area contributed by atoms with E-state index >= 15 is 0 Å². The van der Waals surface area contributed by atoms with Crippen LogP contribution in [-0.2, 0) is 9.53 Å². The molecule has 20 heavy (non-hydrogen) atoms. The number of nitrogens with zero attached hydrogens (tertiary/aromatic N) is 1. The van der Waals surface area contributed by atoms with E-state index in [0.717, 1.165) is 31.4 Å². The molecule has 1 aliphatic heterocycles. The summed E-state index contributed by atoms with van der Waals surface area (Å²) in [6.07, 6.45) is 3.07. The molecule has 1 heterocycles. The molecule has 0 aliphatic carbocycles. The lowest BCUT2D eigenvalue weighted by atomic mass is 9.86. The molecule has 1 saturated heterocycles. The zero-order chi connectivity index (χ0) is 14.5. The molecular formula is C14H18N2O4. The van der Waals surface area contributed by atoms with Crippen molar-refractivity contribution in [3.8, 4) is 0 Å². The summed E-state index contributed by atoms with van der Waals surface area (Å²) in [5, 5.41) is 14.0. The Balaban J connectivity index is 2.25. The Morgan fingerprint density at radius 2 is 2.10 bits per heavy atom. The molecule has 1 fully saturated rings. The third-order valence-corrected chi connectivity index (χ3v) is 3.67. The Bertz CT molecular complexity index is 480. The van der Waals surface area contributed by atoms with Gasteiger partial charge < -0.3 is 10.1 Å². The van der Waals surface area contributed by atoms with Crippen LogP contribution in [0.4, 0.5) is 5.69 Å². The molecule has 108 valence electrons. The van der Waals surface area contributed by atoms with Crippen molar-refractivity contribution in [1.82, 2.24) is 5.32 Å². The standard InChI is InChI=1S/C14H18N2O4/c1-20-14(17)13(12-4-2-3-9-15-12)10-5-7-11(8-6-10)16(18)19/h5-8,12-13,15H,2-4,9H2,1H3/t12-,13-/m1/s1. The first-order chi connectivity index (χ1) is 9.63. The number of piperidine rings is 1. The summed E-state index contributed by atoms with van der Waals surface area (Å²) in [7, 11) is 1.36. The monoisotopic (exact) mass is 278 g/mol. The molecule has 2 rings (SSSR count). The van der Waals surface area contributed by atoms with Crippen molar-refractivity contribution in [3.63, 3.8) is 0 Å². The number of hydrogen-bond donors (Lipinski definition) is 1. The van der Waals surface area contributed by atoms with Crippen LogP contribution in [0.15, 0.2) is 24.3 Å². The molecule has 6 nitrogen and oxygen atoms in total. The number of ether oxygens (including phenoxy) is 1. The number of methoxy groups -OCH3 is 1. The maximum Gasteiger partial charge on any atom is 0.314 e. The summed E-state index contributed by atoms with van der Waals surface area (Å²) in [4.78, 5) is 22.3. The van der Waals surface area contributed by atoms with Gasteiger partial charge in [0.25, 0.3) is 5.69 Å². The van der Waals surface area contributed by atoms with Crippen molar-refractivity contribution in [3.05, 3.63) is 39.9 Å². The van der Waals surface area contributed by atoms with Gasteiger partial charge in [0, 0.05) is 18.2 Å². The number of esters is 1. The molecule has 1 aliphatic rings. The molecule has 0 unspecified atom stereocenters. The van der Waals surface area contributed by atoms with Gasteiger partial charge in [0.1, 0.15) is 0 Å². The number of nitro benzene ring substituents is 1. The van der Waals surface area contributed by atoms with E-state index in [1.807, 2.05) is 0 Å². The number of carbonyl (C=O) groups is 1. The minimum Gasteiger partial charge on any atom is -0.469 e. The number of rotatable bonds is 4. The predicted molar refractivity (Wildman–Crippen MR) is 73.5 cm³/mol. The van der Waals surface area contributed by atoms with E-state index in [2.05, 4.69) is 5.32 Å². The molecule has 6 heteroatoms. The Labute approximate surface area is 117 Å². The van der Waals surface area contributed by atoms with Crippen molar-refractivity contribution in [2.24, 2.45) is 0 Å². The highest BCUT2D eigenvalue weighted by Crippen LogP contribution is 2.28. The van der Waals surface area contributed by atoms with Gasteiger partial charge in [-0.25, -0.2) is 0 Å². The molecule has 2 atom stereocenters. The Hall–Kier alpha value is -1.95. The van der Waals surface area contributed by atoms with E-state index in [-0.39, 0.29) is 17.7 Å². The molecule has 1 aromatic rings. The van der Waals surface area contributed by atoms with Crippen molar-refractivity contribution in [2.75, 3.05) is 13.7 Å². The third-order valence-electron chi connectivity index (χ3n) is 3.67. The minimum atomic E-state index is -0.449. The summed E-state index contributed by atoms with van der Waals surface area (Å²) in [5.41, 5.74) is 0.774. The number of nitro groups is 1. The first-order valence-corrected chi connectivity index (χ1v) is 6.69. The molecule has 1 N–H and O–H groups in total. The lowest BCUT2D eigenvalue weighted by Gasteiger charge is -2.29. The summed E-state index contributed by atoms with van der Waals surface area (Å²) in [6, 6.07) is 6.14. The molecule has 1 aromatic carbocycles. The number of non-ortho nitro benzene ring substituents is 1. The van der Waals surface area contributed by atoms with Crippen LogP contribution < -0.4 is 5.32 Å². The topological polar surface area (TPSA) is 81.5 Å². The van der Waals surface area contributed by atoms with Gasteiger partial charge in [-0.15, -0.1) is 0 Å². The second kappa shape index (κ2) is 6.47. The molecule has 0 amide bonds. The summed E-state index contributed by atoms with van der Waals surface area (Å²) in [6.45, 7) is 0.880. The van der Waals surface area contributed by atoms with Gasteiger partial charge in [0.05, 0.1) is 18.0 Å². The summed E-state index contributed by atoms with van der Waals surface area (Å²) < 4.78 is 4.88. The molecule has 0 aromatic heterocycles. The van der Waals surface area contributed by atoms with Crippen molar-refractivity contribution in [2.45, 2.75) is 31.2 Å².